The monoisotopic (exact) mass is 420 g/mol. The van der Waals surface area contributed by atoms with Crippen molar-refractivity contribution in [2.24, 2.45) is 17.8 Å². The fourth-order valence-electron chi connectivity index (χ4n) is 5.20. The van der Waals surface area contributed by atoms with Gasteiger partial charge in [0.05, 0.1) is 6.10 Å². The van der Waals surface area contributed by atoms with Crippen LogP contribution in [-0.4, -0.2) is 20.1 Å². The number of hydrogen-bond donors (Lipinski definition) is 0. The molecule has 4 heteroatoms. The first kappa shape index (κ1) is 23.0. The van der Waals surface area contributed by atoms with Crippen LogP contribution >= 0.6 is 22.2 Å². The molecular formula is C22H42Cl2OSi. The maximum absolute atomic E-state index is 6.06. The van der Waals surface area contributed by atoms with Crippen molar-refractivity contribution >= 4 is 29.6 Å². The molecule has 2 aliphatic carbocycles. The number of ether oxygens (including phenoxy) is 1. The van der Waals surface area contributed by atoms with Crippen molar-refractivity contribution in [3.05, 3.63) is 0 Å². The van der Waals surface area contributed by atoms with Gasteiger partial charge >= 0.3 is 0 Å². The third-order valence-electron chi connectivity index (χ3n) is 6.91. The van der Waals surface area contributed by atoms with Gasteiger partial charge in [0.1, 0.15) is 0 Å². The minimum absolute atomic E-state index is 0.511. The predicted octanol–water partition coefficient (Wildman–Crippen LogP) is 7.82. The molecule has 0 heterocycles. The first-order chi connectivity index (χ1) is 12.7. The average Bonchev–Trinajstić information content (AvgIpc) is 2.66. The normalized spacial score (nSPS) is 30.0. The minimum Gasteiger partial charge on any atom is -0.378 e. The topological polar surface area (TPSA) is 9.23 Å². The molecule has 0 aromatic carbocycles. The zero-order valence-electron chi connectivity index (χ0n) is 17.1. The van der Waals surface area contributed by atoms with Gasteiger partial charge in [-0.05, 0) is 68.7 Å². The maximum atomic E-state index is 6.06. The summed E-state index contributed by atoms with van der Waals surface area (Å²) in [6.07, 6.45) is 21.7. The van der Waals surface area contributed by atoms with Crippen LogP contribution in [0.3, 0.4) is 0 Å². The van der Waals surface area contributed by atoms with E-state index >= 15 is 0 Å². The summed E-state index contributed by atoms with van der Waals surface area (Å²) in [6, 6.07) is 0.986. The summed E-state index contributed by atoms with van der Waals surface area (Å²) in [7, 11) is -1.43. The summed E-state index contributed by atoms with van der Waals surface area (Å²) in [4.78, 5) is 0. The van der Waals surface area contributed by atoms with Crippen LogP contribution in [0.15, 0.2) is 0 Å². The smallest absolute Gasteiger partial charge is 0.237 e. The summed E-state index contributed by atoms with van der Waals surface area (Å²) in [5, 5.41) is 0. The van der Waals surface area contributed by atoms with Crippen molar-refractivity contribution in [3.8, 4) is 0 Å². The SMILES string of the molecule is CCCCCCC[C@H]1CC[C@H]([C@H]2CC[C@H](OCCC[SiH](Cl)Cl)CC2)CC1. The van der Waals surface area contributed by atoms with E-state index in [1.54, 1.807) is 0 Å². The van der Waals surface area contributed by atoms with Crippen molar-refractivity contribution in [2.45, 2.75) is 115 Å². The number of unbranched alkanes of at least 4 members (excludes halogenated alkanes) is 4. The quantitative estimate of drug-likeness (QED) is 0.177. The van der Waals surface area contributed by atoms with Crippen molar-refractivity contribution in [2.75, 3.05) is 6.61 Å². The molecule has 0 N–H and O–H groups in total. The highest BCUT2D eigenvalue weighted by Gasteiger charge is 2.30. The molecule has 2 rings (SSSR count). The molecule has 0 aromatic heterocycles. The Hall–Kier alpha value is 0.757. The second-order valence-electron chi connectivity index (χ2n) is 8.92. The number of hydrogen-bond acceptors (Lipinski definition) is 1. The highest BCUT2D eigenvalue weighted by molar-refractivity contribution is 7.33. The van der Waals surface area contributed by atoms with E-state index in [-0.39, 0.29) is 0 Å². The first-order valence-electron chi connectivity index (χ1n) is 11.6. The molecule has 0 spiro atoms. The maximum Gasteiger partial charge on any atom is 0.237 e. The Kier molecular flexibility index (Phi) is 12.3. The minimum atomic E-state index is -1.43. The van der Waals surface area contributed by atoms with Gasteiger partial charge in [-0.25, -0.2) is 0 Å². The van der Waals surface area contributed by atoms with Gasteiger partial charge in [0.25, 0.3) is 0 Å². The van der Waals surface area contributed by atoms with E-state index in [2.05, 4.69) is 6.92 Å². The molecule has 0 unspecified atom stereocenters. The van der Waals surface area contributed by atoms with Crippen molar-refractivity contribution in [1.29, 1.82) is 0 Å². The third-order valence-corrected chi connectivity index (χ3v) is 9.07. The average molecular weight is 422 g/mol. The van der Waals surface area contributed by atoms with Gasteiger partial charge in [-0.3, -0.25) is 0 Å². The molecule has 2 fully saturated rings. The van der Waals surface area contributed by atoms with Gasteiger partial charge < -0.3 is 4.74 Å². The van der Waals surface area contributed by atoms with Crippen molar-refractivity contribution < 1.29 is 4.74 Å². The van der Waals surface area contributed by atoms with E-state index in [1.807, 2.05) is 0 Å². The Morgan fingerprint density at radius 2 is 1.38 bits per heavy atom. The number of halogens is 2. The zero-order valence-corrected chi connectivity index (χ0v) is 19.7. The highest BCUT2D eigenvalue weighted by Crippen LogP contribution is 2.41. The van der Waals surface area contributed by atoms with Gasteiger partial charge in [0, 0.05) is 6.61 Å². The van der Waals surface area contributed by atoms with Gasteiger partial charge in [0.2, 0.25) is 7.42 Å². The number of rotatable bonds is 12. The van der Waals surface area contributed by atoms with Crippen LogP contribution in [0.25, 0.3) is 0 Å². The second-order valence-corrected chi connectivity index (χ2v) is 14.1. The van der Waals surface area contributed by atoms with Crippen molar-refractivity contribution in [1.82, 2.24) is 0 Å². The molecule has 2 saturated carbocycles. The molecule has 0 aromatic rings. The van der Waals surface area contributed by atoms with E-state index in [9.17, 15) is 0 Å². The van der Waals surface area contributed by atoms with Crippen LogP contribution in [0, 0.1) is 17.8 Å². The van der Waals surface area contributed by atoms with E-state index < -0.39 is 7.42 Å². The Morgan fingerprint density at radius 3 is 2.00 bits per heavy atom. The molecule has 0 atom stereocenters. The molecule has 1 nitrogen and oxygen atoms in total. The summed E-state index contributed by atoms with van der Waals surface area (Å²) < 4.78 is 6.06. The van der Waals surface area contributed by atoms with Gasteiger partial charge in [-0.2, -0.15) is 22.2 Å². The predicted molar refractivity (Wildman–Crippen MR) is 119 cm³/mol. The van der Waals surface area contributed by atoms with E-state index in [1.165, 1.54) is 89.9 Å². The molecule has 0 radical (unpaired) electrons. The van der Waals surface area contributed by atoms with Gasteiger partial charge in [0.15, 0.2) is 0 Å². The largest absolute Gasteiger partial charge is 0.378 e. The van der Waals surface area contributed by atoms with Crippen LogP contribution in [0.5, 0.6) is 0 Å². The van der Waals surface area contributed by atoms with Crippen molar-refractivity contribution in [3.63, 3.8) is 0 Å². The Bertz CT molecular complexity index is 337. The van der Waals surface area contributed by atoms with Crippen LogP contribution in [0.2, 0.25) is 6.04 Å². The summed E-state index contributed by atoms with van der Waals surface area (Å²) >= 11 is 11.8. The molecule has 2 aliphatic rings. The Morgan fingerprint density at radius 1 is 0.769 bits per heavy atom. The lowest BCUT2D eigenvalue weighted by Gasteiger charge is -2.38. The van der Waals surface area contributed by atoms with E-state index in [4.69, 9.17) is 26.9 Å². The lowest BCUT2D eigenvalue weighted by molar-refractivity contribution is 0.00728. The molecule has 0 saturated heterocycles. The van der Waals surface area contributed by atoms with Crippen LogP contribution < -0.4 is 0 Å². The molecule has 0 amide bonds. The highest BCUT2D eigenvalue weighted by atomic mass is 35.7. The summed E-state index contributed by atoms with van der Waals surface area (Å²) in [5.41, 5.74) is 0. The Labute approximate surface area is 173 Å². The lowest BCUT2D eigenvalue weighted by atomic mass is 9.70. The van der Waals surface area contributed by atoms with E-state index in [0.717, 1.165) is 36.8 Å². The molecule has 154 valence electrons. The van der Waals surface area contributed by atoms with E-state index in [0.29, 0.717) is 6.10 Å². The Balaban J connectivity index is 1.51. The standard InChI is InChI=1S/C22H42Cl2OSi/c1-2-3-4-5-6-8-19-9-11-20(12-10-19)21-13-15-22(16-14-21)25-17-7-18-26(23)24/h19-22,26H,2-18H2,1H3/t19-,20-,21-,22-. The summed E-state index contributed by atoms with van der Waals surface area (Å²) in [5.74, 6) is 3.05. The molecule has 0 bridgehead atoms. The second kappa shape index (κ2) is 13.9. The fourth-order valence-corrected chi connectivity index (χ4v) is 6.60. The van der Waals surface area contributed by atoms with Crippen LogP contribution in [-0.2, 0) is 4.74 Å². The van der Waals surface area contributed by atoms with Crippen LogP contribution in [0.1, 0.15) is 103 Å². The first-order valence-corrected chi connectivity index (χ1v) is 15.9. The van der Waals surface area contributed by atoms with Gasteiger partial charge in [-0.15, -0.1) is 0 Å². The molecule has 0 aliphatic heterocycles. The van der Waals surface area contributed by atoms with Gasteiger partial charge in [-0.1, -0.05) is 58.3 Å². The third kappa shape index (κ3) is 9.30. The molecule has 26 heavy (non-hydrogen) atoms. The lowest BCUT2D eigenvalue weighted by Crippen LogP contribution is -2.28. The molecular weight excluding hydrogens is 379 g/mol. The van der Waals surface area contributed by atoms with Crippen LogP contribution in [0.4, 0.5) is 0 Å². The zero-order chi connectivity index (χ0) is 18.6. The summed E-state index contributed by atoms with van der Waals surface area (Å²) in [6.45, 7) is 3.17. The fraction of sp³-hybridized carbons (Fsp3) is 1.00.